The van der Waals surface area contributed by atoms with Crippen molar-refractivity contribution in [2.45, 2.75) is 64.8 Å². The molecule has 0 saturated heterocycles. The Morgan fingerprint density at radius 3 is 1.94 bits per heavy atom. The Labute approximate surface area is 108 Å². The van der Waals surface area contributed by atoms with Gasteiger partial charge in [-0.25, -0.2) is 4.39 Å². The maximum Gasteiger partial charge on any atom is 0.309 e. The molecule has 0 rings (SSSR count). The van der Waals surface area contributed by atoms with Gasteiger partial charge in [0.1, 0.15) is 17.9 Å². The number of aliphatic hydroxyl groups is 1. The monoisotopic (exact) mass is 264 g/mol. The molecule has 0 aliphatic heterocycles. The molecule has 108 valence electrons. The lowest BCUT2D eigenvalue weighted by molar-refractivity contribution is -0.167. The van der Waals surface area contributed by atoms with E-state index in [1.165, 1.54) is 0 Å². The van der Waals surface area contributed by atoms with Gasteiger partial charge < -0.3 is 14.6 Å². The second-order valence-corrected chi connectivity index (χ2v) is 6.52. The van der Waals surface area contributed by atoms with Crippen LogP contribution < -0.4 is 0 Å². The summed E-state index contributed by atoms with van der Waals surface area (Å²) in [4.78, 5) is 11.6. The van der Waals surface area contributed by atoms with Gasteiger partial charge >= 0.3 is 5.97 Å². The molecule has 0 spiro atoms. The van der Waals surface area contributed by atoms with Crippen molar-refractivity contribution in [3.63, 3.8) is 0 Å². The zero-order chi connectivity index (χ0) is 14.6. The first-order chi connectivity index (χ1) is 7.87. The van der Waals surface area contributed by atoms with Crippen molar-refractivity contribution in [2.24, 2.45) is 0 Å². The van der Waals surface area contributed by atoms with Gasteiger partial charge in [0, 0.05) is 0 Å². The summed E-state index contributed by atoms with van der Waals surface area (Å²) < 4.78 is 23.2. The van der Waals surface area contributed by atoms with E-state index in [0.29, 0.717) is 0 Å². The zero-order valence-electron chi connectivity index (χ0n) is 12.2. The summed E-state index contributed by atoms with van der Waals surface area (Å²) in [5.74, 6) is -0.639. The van der Waals surface area contributed by atoms with Gasteiger partial charge in [0.15, 0.2) is 0 Å². The molecule has 0 radical (unpaired) electrons. The van der Waals surface area contributed by atoms with Crippen LogP contribution >= 0.6 is 0 Å². The van der Waals surface area contributed by atoms with Crippen LogP contribution in [0.3, 0.4) is 0 Å². The van der Waals surface area contributed by atoms with Crippen molar-refractivity contribution in [3.05, 3.63) is 0 Å². The van der Waals surface area contributed by atoms with Gasteiger partial charge in [-0.1, -0.05) is 0 Å². The highest BCUT2D eigenvalue weighted by Crippen LogP contribution is 2.19. The lowest BCUT2D eigenvalue weighted by Gasteiger charge is -2.30. The smallest absolute Gasteiger partial charge is 0.309 e. The van der Waals surface area contributed by atoms with Gasteiger partial charge in [-0.05, 0) is 41.5 Å². The van der Waals surface area contributed by atoms with Crippen molar-refractivity contribution in [1.82, 2.24) is 0 Å². The van der Waals surface area contributed by atoms with Crippen LogP contribution in [0.1, 0.15) is 48.0 Å². The Kier molecular flexibility index (Phi) is 5.75. The maximum absolute atomic E-state index is 12.9. The van der Waals surface area contributed by atoms with E-state index in [4.69, 9.17) is 9.47 Å². The SMILES string of the molecule is CC(C)(C)OCC(O)(CF)CC(=O)OC(C)(C)C. The summed E-state index contributed by atoms with van der Waals surface area (Å²) in [5.41, 5.74) is -2.98. The topological polar surface area (TPSA) is 55.8 Å². The van der Waals surface area contributed by atoms with Crippen molar-refractivity contribution in [2.75, 3.05) is 13.3 Å². The first-order valence-corrected chi connectivity index (χ1v) is 6.01. The van der Waals surface area contributed by atoms with E-state index < -0.39 is 35.9 Å². The zero-order valence-corrected chi connectivity index (χ0v) is 12.2. The van der Waals surface area contributed by atoms with E-state index in [2.05, 4.69) is 0 Å². The number of rotatable bonds is 5. The highest BCUT2D eigenvalue weighted by atomic mass is 19.1. The van der Waals surface area contributed by atoms with Crippen LogP contribution in [0.2, 0.25) is 0 Å². The molecule has 0 aliphatic carbocycles. The molecule has 1 N–H and O–H groups in total. The lowest BCUT2D eigenvalue weighted by Crippen LogP contribution is -2.43. The number of alkyl halides is 1. The molecule has 0 aromatic rings. The summed E-state index contributed by atoms with van der Waals surface area (Å²) in [7, 11) is 0. The molecular weight excluding hydrogens is 239 g/mol. The van der Waals surface area contributed by atoms with E-state index in [-0.39, 0.29) is 6.61 Å². The molecular formula is C13H25FO4. The molecule has 0 saturated carbocycles. The molecule has 5 heteroatoms. The minimum Gasteiger partial charge on any atom is -0.460 e. The third kappa shape index (κ3) is 8.42. The first kappa shape index (κ1) is 17.3. The number of esters is 1. The van der Waals surface area contributed by atoms with Crippen LogP contribution in [0.4, 0.5) is 4.39 Å². The van der Waals surface area contributed by atoms with Crippen molar-refractivity contribution in [1.29, 1.82) is 0 Å². The van der Waals surface area contributed by atoms with E-state index in [1.54, 1.807) is 41.5 Å². The first-order valence-electron chi connectivity index (χ1n) is 6.01. The predicted molar refractivity (Wildman–Crippen MR) is 67.1 cm³/mol. The quantitative estimate of drug-likeness (QED) is 0.774. The molecule has 0 aromatic heterocycles. The average Bonchev–Trinajstić information content (AvgIpc) is 2.10. The second kappa shape index (κ2) is 5.97. The fourth-order valence-electron chi connectivity index (χ4n) is 1.13. The van der Waals surface area contributed by atoms with Crippen LogP contribution in [0.5, 0.6) is 0 Å². The molecule has 0 bridgehead atoms. The molecule has 0 fully saturated rings. The molecule has 4 nitrogen and oxygen atoms in total. The van der Waals surface area contributed by atoms with Crippen molar-refractivity contribution in [3.8, 4) is 0 Å². The highest BCUT2D eigenvalue weighted by molar-refractivity contribution is 5.71. The molecule has 0 amide bonds. The Bertz CT molecular complexity index is 278. The largest absolute Gasteiger partial charge is 0.460 e. The Morgan fingerprint density at radius 2 is 1.61 bits per heavy atom. The Balaban J connectivity index is 4.43. The normalized spacial score (nSPS) is 16.2. The maximum atomic E-state index is 12.9. The predicted octanol–water partition coefficient (Wildman–Crippen LogP) is 2.23. The molecule has 18 heavy (non-hydrogen) atoms. The van der Waals surface area contributed by atoms with Crippen molar-refractivity contribution >= 4 is 5.97 Å². The molecule has 1 atom stereocenters. The molecule has 1 unspecified atom stereocenters. The van der Waals surface area contributed by atoms with E-state index in [9.17, 15) is 14.3 Å². The van der Waals surface area contributed by atoms with Crippen LogP contribution in [0, 0.1) is 0 Å². The van der Waals surface area contributed by atoms with Crippen LogP contribution in [0.25, 0.3) is 0 Å². The number of ether oxygens (including phenoxy) is 2. The molecule has 0 aliphatic rings. The minimum absolute atomic E-state index is 0.244. The van der Waals surface area contributed by atoms with E-state index >= 15 is 0 Å². The summed E-state index contributed by atoms with van der Waals surface area (Å²) in [6, 6.07) is 0. The Morgan fingerprint density at radius 1 is 1.11 bits per heavy atom. The number of carbonyl (C=O) groups excluding carboxylic acids is 1. The summed E-state index contributed by atoms with van der Waals surface area (Å²) in [5, 5.41) is 9.95. The van der Waals surface area contributed by atoms with E-state index in [1.807, 2.05) is 0 Å². The Hall–Kier alpha value is -0.680. The highest BCUT2D eigenvalue weighted by Gasteiger charge is 2.34. The van der Waals surface area contributed by atoms with E-state index in [0.717, 1.165) is 0 Å². The number of carbonyl (C=O) groups is 1. The second-order valence-electron chi connectivity index (χ2n) is 6.52. The third-order valence-electron chi connectivity index (χ3n) is 1.92. The van der Waals surface area contributed by atoms with Crippen LogP contribution in [0.15, 0.2) is 0 Å². The molecule has 0 aromatic carbocycles. The number of halogens is 1. The van der Waals surface area contributed by atoms with Crippen molar-refractivity contribution < 1.29 is 23.8 Å². The van der Waals surface area contributed by atoms with Gasteiger partial charge in [-0.15, -0.1) is 0 Å². The van der Waals surface area contributed by atoms with Crippen LogP contribution in [-0.4, -0.2) is 41.2 Å². The summed E-state index contributed by atoms with van der Waals surface area (Å²) >= 11 is 0. The van der Waals surface area contributed by atoms with Gasteiger partial charge in [0.05, 0.1) is 18.6 Å². The minimum atomic E-state index is -1.82. The number of hydrogen-bond acceptors (Lipinski definition) is 4. The lowest BCUT2D eigenvalue weighted by atomic mass is 10.0. The summed E-state index contributed by atoms with van der Waals surface area (Å²) in [6.07, 6.45) is -0.420. The summed E-state index contributed by atoms with van der Waals surface area (Å²) in [6.45, 7) is 9.22. The van der Waals surface area contributed by atoms with Gasteiger partial charge in [-0.2, -0.15) is 0 Å². The van der Waals surface area contributed by atoms with Crippen LogP contribution in [-0.2, 0) is 14.3 Å². The fourth-order valence-corrected chi connectivity index (χ4v) is 1.13. The molecule has 0 heterocycles. The average molecular weight is 264 g/mol. The van der Waals surface area contributed by atoms with Gasteiger partial charge in [0.2, 0.25) is 0 Å². The standard InChI is InChI=1S/C13H25FO4/c1-11(2,3)17-9-13(16,8-14)7-10(15)18-12(4,5)6/h16H,7-9H2,1-6H3. The van der Waals surface area contributed by atoms with Gasteiger partial charge in [-0.3, -0.25) is 4.79 Å². The number of hydrogen-bond donors (Lipinski definition) is 1. The fraction of sp³-hybridized carbons (Fsp3) is 0.923. The van der Waals surface area contributed by atoms with Gasteiger partial charge in [0.25, 0.3) is 0 Å². The third-order valence-corrected chi connectivity index (χ3v) is 1.92.